The number of hydrogen-bond acceptors (Lipinski definition) is 5. The van der Waals surface area contributed by atoms with Crippen LogP contribution >= 0.6 is 11.6 Å². The van der Waals surface area contributed by atoms with Gasteiger partial charge in [0, 0.05) is 19.6 Å². The van der Waals surface area contributed by atoms with E-state index in [0.29, 0.717) is 23.6 Å². The summed E-state index contributed by atoms with van der Waals surface area (Å²) in [5.74, 6) is 0. The minimum Gasteiger partial charge on any atom is -0.397 e. The first kappa shape index (κ1) is 15.5. The van der Waals surface area contributed by atoms with Crippen molar-refractivity contribution in [1.82, 2.24) is 4.72 Å². The zero-order valence-corrected chi connectivity index (χ0v) is 12.6. The molecule has 20 heavy (non-hydrogen) atoms. The SMILES string of the molecule is Cc1cc(Cl)c(N)cc1S(=O)(=O)NCC1(O)CCOC1. The van der Waals surface area contributed by atoms with Gasteiger partial charge in [0.15, 0.2) is 0 Å². The number of benzene rings is 1. The molecule has 0 radical (unpaired) electrons. The number of ether oxygens (including phenoxy) is 1. The smallest absolute Gasteiger partial charge is 0.241 e. The summed E-state index contributed by atoms with van der Waals surface area (Å²) in [6.45, 7) is 2.08. The van der Waals surface area contributed by atoms with Crippen molar-refractivity contribution in [2.24, 2.45) is 0 Å². The van der Waals surface area contributed by atoms with Gasteiger partial charge in [-0.15, -0.1) is 0 Å². The summed E-state index contributed by atoms with van der Waals surface area (Å²) < 4.78 is 32.0. The van der Waals surface area contributed by atoms with Gasteiger partial charge in [0.1, 0.15) is 5.60 Å². The van der Waals surface area contributed by atoms with E-state index in [1.807, 2.05) is 0 Å². The number of nitrogens with two attached hydrogens (primary N) is 1. The Morgan fingerprint density at radius 1 is 1.55 bits per heavy atom. The zero-order valence-electron chi connectivity index (χ0n) is 11.0. The lowest BCUT2D eigenvalue weighted by atomic mass is 10.1. The van der Waals surface area contributed by atoms with Crippen molar-refractivity contribution in [3.63, 3.8) is 0 Å². The standard InChI is InChI=1S/C12H17ClN2O4S/c1-8-4-9(13)10(14)5-11(8)20(17,18)15-6-12(16)2-3-19-7-12/h4-5,15-16H,2-3,6-7,14H2,1H3. The maximum Gasteiger partial charge on any atom is 0.241 e. The van der Waals surface area contributed by atoms with Crippen molar-refractivity contribution in [1.29, 1.82) is 0 Å². The molecular formula is C12H17ClN2O4S. The Labute approximate surface area is 122 Å². The highest BCUT2D eigenvalue weighted by Crippen LogP contribution is 2.26. The lowest BCUT2D eigenvalue weighted by Gasteiger charge is -2.21. The van der Waals surface area contributed by atoms with Crippen LogP contribution in [0.3, 0.4) is 0 Å². The Balaban J connectivity index is 2.20. The Morgan fingerprint density at radius 2 is 2.25 bits per heavy atom. The molecule has 4 N–H and O–H groups in total. The third-order valence-electron chi connectivity index (χ3n) is 3.26. The van der Waals surface area contributed by atoms with Gasteiger partial charge in [0.25, 0.3) is 0 Å². The second-order valence-corrected chi connectivity index (χ2v) is 7.13. The van der Waals surface area contributed by atoms with Gasteiger partial charge in [-0.05, 0) is 24.6 Å². The molecule has 6 nitrogen and oxygen atoms in total. The minimum atomic E-state index is -3.76. The van der Waals surface area contributed by atoms with Crippen LogP contribution in [0.1, 0.15) is 12.0 Å². The number of nitrogens with one attached hydrogen (secondary N) is 1. The van der Waals surface area contributed by atoms with Crippen molar-refractivity contribution >= 4 is 27.3 Å². The van der Waals surface area contributed by atoms with Crippen molar-refractivity contribution in [2.45, 2.75) is 23.8 Å². The van der Waals surface area contributed by atoms with Gasteiger partial charge in [-0.3, -0.25) is 0 Å². The first-order valence-corrected chi connectivity index (χ1v) is 7.95. The Morgan fingerprint density at radius 3 is 2.85 bits per heavy atom. The van der Waals surface area contributed by atoms with Crippen molar-refractivity contribution in [3.05, 3.63) is 22.7 Å². The predicted octanol–water partition coefficient (Wildman–Crippen LogP) is 0.660. The maximum absolute atomic E-state index is 12.3. The number of aliphatic hydroxyl groups is 1. The summed E-state index contributed by atoms with van der Waals surface area (Å²) in [6.07, 6.45) is 0.400. The van der Waals surface area contributed by atoms with Gasteiger partial charge in [-0.25, -0.2) is 13.1 Å². The molecule has 0 aliphatic carbocycles. The van der Waals surface area contributed by atoms with E-state index in [4.69, 9.17) is 22.1 Å². The molecule has 1 aliphatic heterocycles. The molecule has 1 aromatic rings. The first-order valence-electron chi connectivity index (χ1n) is 6.09. The largest absolute Gasteiger partial charge is 0.397 e. The van der Waals surface area contributed by atoms with Crippen LogP contribution < -0.4 is 10.5 Å². The van der Waals surface area contributed by atoms with Gasteiger partial charge in [0.05, 0.1) is 22.2 Å². The topological polar surface area (TPSA) is 102 Å². The van der Waals surface area contributed by atoms with Gasteiger partial charge in [0.2, 0.25) is 10.0 Å². The van der Waals surface area contributed by atoms with Gasteiger partial charge in [-0.1, -0.05) is 11.6 Å². The molecule has 1 heterocycles. The zero-order chi connectivity index (χ0) is 15.0. The normalized spacial score (nSPS) is 23.1. The summed E-state index contributed by atoms with van der Waals surface area (Å²) in [6, 6.07) is 2.81. The predicted molar refractivity (Wildman–Crippen MR) is 76.2 cm³/mol. The molecule has 0 spiro atoms. The molecule has 1 aromatic carbocycles. The summed E-state index contributed by atoms with van der Waals surface area (Å²) in [7, 11) is -3.76. The number of aryl methyl sites for hydroxylation is 1. The molecule has 8 heteroatoms. The molecule has 0 aromatic heterocycles. The fraction of sp³-hybridized carbons (Fsp3) is 0.500. The summed E-state index contributed by atoms with van der Waals surface area (Å²) in [5, 5.41) is 10.4. The van der Waals surface area contributed by atoms with Crippen LogP contribution in [0.4, 0.5) is 5.69 Å². The number of nitrogen functional groups attached to an aromatic ring is 1. The molecule has 1 saturated heterocycles. The van der Waals surface area contributed by atoms with E-state index >= 15 is 0 Å². The number of halogens is 1. The van der Waals surface area contributed by atoms with E-state index in [1.54, 1.807) is 6.92 Å². The van der Waals surface area contributed by atoms with Crippen molar-refractivity contribution < 1.29 is 18.3 Å². The highest BCUT2D eigenvalue weighted by atomic mass is 35.5. The van der Waals surface area contributed by atoms with E-state index in [0.717, 1.165) is 0 Å². The van der Waals surface area contributed by atoms with E-state index < -0.39 is 15.6 Å². The average Bonchev–Trinajstić information content (AvgIpc) is 2.79. The molecule has 0 amide bonds. The number of sulfonamides is 1. The molecule has 2 rings (SSSR count). The fourth-order valence-electron chi connectivity index (χ4n) is 2.00. The van der Waals surface area contributed by atoms with E-state index in [1.165, 1.54) is 12.1 Å². The summed E-state index contributed by atoms with van der Waals surface area (Å²) in [5.41, 5.74) is 5.17. The number of anilines is 1. The second-order valence-electron chi connectivity index (χ2n) is 4.99. The molecule has 1 aliphatic rings. The molecule has 0 saturated carbocycles. The molecule has 1 atom stereocenters. The van der Waals surface area contributed by atoms with E-state index in [-0.39, 0.29) is 23.7 Å². The highest BCUT2D eigenvalue weighted by molar-refractivity contribution is 7.89. The van der Waals surface area contributed by atoms with Crippen molar-refractivity contribution in [2.75, 3.05) is 25.5 Å². The molecular weight excluding hydrogens is 304 g/mol. The third-order valence-corrected chi connectivity index (χ3v) is 5.13. The highest BCUT2D eigenvalue weighted by Gasteiger charge is 2.34. The van der Waals surface area contributed by atoms with Crippen LogP contribution in [0.15, 0.2) is 17.0 Å². The Hall–Kier alpha value is -0.860. The quantitative estimate of drug-likeness (QED) is 0.707. The van der Waals surface area contributed by atoms with Crippen LogP contribution in [0.5, 0.6) is 0 Å². The Bertz CT molecular complexity index is 612. The van der Waals surface area contributed by atoms with E-state index in [2.05, 4.69) is 4.72 Å². The number of hydrogen-bond donors (Lipinski definition) is 3. The molecule has 1 unspecified atom stereocenters. The van der Waals surface area contributed by atoms with Crippen molar-refractivity contribution in [3.8, 4) is 0 Å². The lowest BCUT2D eigenvalue weighted by Crippen LogP contribution is -2.43. The van der Waals surface area contributed by atoms with Gasteiger partial charge < -0.3 is 15.6 Å². The Kier molecular flexibility index (Phi) is 4.27. The second kappa shape index (κ2) is 5.50. The summed E-state index contributed by atoms with van der Waals surface area (Å²) >= 11 is 5.84. The third kappa shape index (κ3) is 3.24. The first-order chi connectivity index (χ1) is 9.23. The van der Waals surface area contributed by atoms with Crippen LogP contribution in [0, 0.1) is 6.92 Å². The minimum absolute atomic E-state index is 0.0573. The van der Waals surface area contributed by atoms with Crippen LogP contribution in [-0.2, 0) is 14.8 Å². The molecule has 0 bridgehead atoms. The molecule has 1 fully saturated rings. The van der Waals surface area contributed by atoms with Gasteiger partial charge >= 0.3 is 0 Å². The lowest BCUT2D eigenvalue weighted by molar-refractivity contribution is 0.0314. The summed E-state index contributed by atoms with van der Waals surface area (Å²) in [4.78, 5) is 0.0573. The monoisotopic (exact) mass is 320 g/mol. The average molecular weight is 321 g/mol. The van der Waals surface area contributed by atoms with Gasteiger partial charge in [-0.2, -0.15) is 0 Å². The molecule has 112 valence electrons. The van der Waals surface area contributed by atoms with Crippen LogP contribution in [0.25, 0.3) is 0 Å². The number of rotatable bonds is 4. The van der Waals surface area contributed by atoms with Crippen LogP contribution in [-0.4, -0.2) is 38.9 Å². The van der Waals surface area contributed by atoms with E-state index in [9.17, 15) is 13.5 Å². The maximum atomic E-state index is 12.3. The fourth-order valence-corrected chi connectivity index (χ4v) is 3.60. The van der Waals surface area contributed by atoms with Crippen LogP contribution in [0.2, 0.25) is 5.02 Å².